The molecule has 1 aliphatic heterocycles. The van der Waals surface area contributed by atoms with E-state index >= 15 is 0 Å². The van der Waals surface area contributed by atoms with Gasteiger partial charge in [-0.1, -0.05) is 0 Å². The van der Waals surface area contributed by atoms with Crippen LogP contribution in [0.1, 0.15) is 12.8 Å². The van der Waals surface area contributed by atoms with Gasteiger partial charge in [0.05, 0.1) is 6.61 Å². The fraction of sp³-hybridized carbons (Fsp3) is 0.889. The van der Waals surface area contributed by atoms with Crippen LogP contribution in [0.5, 0.6) is 0 Å². The maximum atomic E-state index is 10.5. The number of piperidine rings is 1. The van der Waals surface area contributed by atoms with Crippen molar-refractivity contribution >= 4 is 6.09 Å². The van der Waals surface area contributed by atoms with Gasteiger partial charge in [-0.25, -0.2) is 4.79 Å². The number of hydrogen-bond donors (Lipinski definition) is 2. The number of fused-ring (bicyclic) bond motifs is 2. The Morgan fingerprint density at radius 2 is 2.00 bits per heavy atom. The summed E-state index contributed by atoms with van der Waals surface area (Å²) in [4.78, 5) is 10.5. The van der Waals surface area contributed by atoms with Crippen molar-refractivity contribution in [3.05, 3.63) is 0 Å². The van der Waals surface area contributed by atoms with Gasteiger partial charge in [-0.3, -0.25) is 0 Å². The van der Waals surface area contributed by atoms with Gasteiger partial charge in [0.2, 0.25) is 0 Å². The summed E-state index contributed by atoms with van der Waals surface area (Å²) in [5, 5.41) is 3.39. The van der Waals surface area contributed by atoms with Crippen molar-refractivity contribution in [1.82, 2.24) is 5.32 Å². The van der Waals surface area contributed by atoms with Crippen LogP contribution in [0.4, 0.5) is 4.79 Å². The zero-order valence-corrected chi connectivity index (χ0v) is 7.66. The summed E-state index contributed by atoms with van der Waals surface area (Å²) >= 11 is 0. The van der Waals surface area contributed by atoms with E-state index in [1.54, 1.807) is 0 Å². The lowest BCUT2D eigenvalue weighted by Gasteiger charge is -2.29. The Morgan fingerprint density at radius 3 is 2.54 bits per heavy atom. The van der Waals surface area contributed by atoms with Crippen molar-refractivity contribution in [2.75, 3.05) is 19.7 Å². The maximum absolute atomic E-state index is 10.5. The van der Waals surface area contributed by atoms with Crippen LogP contribution in [0.3, 0.4) is 0 Å². The SMILES string of the molecule is NC(=O)OCC1C2CCC1CNC2. The van der Waals surface area contributed by atoms with Crippen molar-refractivity contribution in [3.8, 4) is 0 Å². The topological polar surface area (TPSA) is 64.4 Å². The van der Waals surface area contributed by atoms with Crippen LogP contribution >= 0.6 is 0 Å². The first kappa shape index (κ1) is 8.81. The Bertz CT molecular complexity index is 192. The fourth-order valence-electron chi connectivity index (χ4n) is 2.65. The second-order valence-electron chi connectivity index (χ2n) is 4.05. The van der Waals surface area contributed by atoms with E-state index in [2.05, 4.69) is 5.32 Å². The largest absolute Gasteiger partial charge is 0.449 e. The second-order valence-corrected chi connectivity index (χ2v) is 4.05. The molecule has 2 rings (SSSR count). The first-order valence-electron chi connectivity index (χ1n) is 4.90. The van der Waals surface area contributed by atoms with Crippen LogP contribution in [0.2, 0.25) is 0 Å². The van der Waals surface area contributed by atoms with E-state index in [1.165, 1.54) is 12.8 Å². The van der Waals surface area contributed by atoms with Crippen LogP contribution in [-0.4, -0.2) is 25.8 Å². The van der Waals surface area contributed by atoms with Gasteiger partial charge in [-0.2, -0.15) is 0 Å². The van der Waals surface area contributed by atoms with Gasteiger partial charge in [-0.15, -0.1) is 0 Å². The number of nitrogens with one attached hydrogen (secondary N) is 1. The quantitative estimate of drug-likeness (QED) is 0.650. The summed E-state index contributed by atoms with van der Waals surface area (Å²) in [6, 6.07) is 0. The number of carbonyl (C=O) groups excluding carboxylic acids is 1. The third-order valence-electron chi connectivity index (χ3n) is 3.35. The summed E-state index contributed by atoms with van der Waals surface area (Å²) < 4.78 is 4.87. The minimum atomic E-state index is -0.641. The van der Waals surface area contributed by atoms with Crippen LogP contribution < -0.4 is 11.1 Å². The molecule has 0 aromatic carbocycles. The molecule has 3 N–H and O–H groups in total. The molecule has 0 aromatic rings. The standard InChI is InChI=1S/C9H16N2O2/c10-9(12)13-5-8-6-1-2-7(8)4-11-3-6/h6-8,11H,1-5H2,(H2,10,12). The average Bonchev–Trinajstić information content (AvgIpc) is 2.34. The van der Waals surface area contributed by atoms with Crippen LogP contribution in [0.15, 0.2) is 0 Å². The second kappa shape index (κ2) is 3.54. The van der Waals surface area contributed by atoms with Gasteiger partial charge in [-0.05, 0) is 37.8 Å². The molecule has 1 amide bonds. The van der Waals surface area contributed by atoms with Crippen molar-refractivity contribution < 1.29 is 9.53 Å². The third kappa shape index (κ3) is 1.77. The van der Waals surface area contributed by atoms with Gasteiger partial charge in [0.15, 0.2) is 0 Å². The molecule has 2 fully saturated rings. The van der Waals surface area contributed by atoms with E-state index < -0.39 is 6.09 Å². The zero-order chi connectivity index (χ0) is 9.26. The van der Waals surface area contributed by atoms with Gasteiger partial charge in [0.1, 0.15) is 0 Å². The summed E-state index contributed by atoms with van der Waals surface area (Å²) in [6.07, 6.45) is 1.90. The lowest BCUT2D eigenvalue weighted by molar-refractivity contribution is 0.0989. The van der Waals surface area contributed by atoms with Gasteiger partial charge in [0, 0.05) is 5.92 Å². The number of rotatable bonds is 2. The van der Waals surface area contributed by atoms with Gasteiger partial charge < -0.3 is 15.8 Å². The van der Waals surface area contributed by atoms with E-state index in [4.69, 9.17) is 10.5 Å². The first-order valence-corrected chi connectivity index (χ1v) is 4.90. The highest BCUT2D eigenvalue weighted by Gasteiger charge is 2.39. The third-order valence-corrected chi connectivity index (χ3v) is 3.35. The molecule has 4 heteroatoms. The summed E-state index contributed by atoms with van der Waals surface area (Å²) in [6.45, 7) is 2.67. The highest BCUT2D eigenvalue weighted by molar-refractivity contribution is 5.64. The van der Waals surface area contributed by atoms with Crippen molar-refractivity contribution in [2.45, 2.75) is 12.8 Å². The molecule has 0 radical (unpaired) electrons. The van der Waals surface area contributed by atoms with Crippen molar-refractivity contribution in [2.24, 2.45) is 23.5 Å². The minimum Gasteiger partial charge on any atom is -0.449 e. The molecule has 2 atom stereocenters. The van der Waals surface area contributed by atoms with E-state index in [0.29, 0.717) is 24.4 Å². The molecule has 2 aliphatic rings. The Labute approximate surface area is 77.8 Å². The first-order chi connectivity index (χ1) is 6.27. The van der Waals surface area contributed by atoms with Gasteiger partial charge in [0.25, 0.3) is 0 Å². The molecule has 0 aromatic heterocycles. The van der Waals surface area contributed by atoms with E-state index in [0.717, 1.165) is 13.1 Å². The number of hydrogen-bond acceptors (Lipinski definition) is 3. The molecule has 1 aliphatic carbocycles. The van der Waals surface area contributed by atoms with E-state index in [1.807, 2.05) is 0 Å². The fourth-order valence-corrected chi connectivity index (χ4v) is 2.65. The van der Waals surface area contributed by atoms with Gasteiger partial charge >= 0.3 is 6.09 Å². The monoisotopic (exact) mass is 184 g/mol. The van der Waals surface area contributed by atoms with Crippen LogP contribution in [0.25, 0.3) is 0 Å². The summed E-state index contributed by atoms with van der Waals surface area (Å²) in [5.74, 6) is 1.94. The maximum Gasteiger partial charge on any atom is 0.404 e. The predicted molar refractivity (Wildman–Crippen MR) is 48.1 cm³/mol. The Kier molecular flexibility index (Phi) is 2.40. The van der Waals surface area contributed by atoms with Crippen LogP contribution in [0, 0.1) is 17.8 Å². The minimum absolute atomic E-state index is 0.520. The molecule has 2 unspecified atom stereocenters. The molecule has 1 saturated carbocycles. The molecule has 0 spiro atoms. The van der Waals surface area contributed by atoms with Crippen LogP contribution in [-0.2, 0) is 4.74 Å². The number of amides is 1. The Morgan fingerprint density at radius 1 is 1.38 bits per heavy atom. The van der Waals surface area contributed by atoms with E-state index in [-0.39, 0.29) is 0 Å². The highest BCUT2D eigenvalue weighted by atomic mass is 16.5. The normalized spacial score (nSPS) is 37.4. The number of nitrogens with two attached hydrogens (primary N) is 1. The molecule has 1 saturated heterocycles. The average molecular weight is 184 g/mol. The lowest BCUT2D eigenvalue weighted by atomic mass is 9.87. The van der Waals surface area contributed by atoms with Crippen molar-refractivity contribution in [1.29, 1.82) is 0 Å². The molecular formula is C9H16N2O2. The number of ether oxygens (including phenoxy) is 1. The lowest BCUT2D eigenvalue weighted by Crippen LogP contribution is -2.40. The molecule has 4 nitrogen and oxygen atoms in total. The molecular weight excluding hydrogens is 168 g/mol. The smallest absolute Gasteiger partial charge is 0.404 e. The summed E-state index contributed by atoms with van der Waals surface area (Å²) in [7, 11) is 0. The summed E-state index contributed by atoms with van der Waals surface area (Å²) in [5.41, 5.74) is 4.94. The molecule has 13 heavy (non-hydrogen) atoms. The molecule has 1 heterocycles. The predicted octanol–water partition coefficient (Wildman–Crippen LogP) is 0.327. The molecule has 74 valence electrons. The number of carbonyl (C=O) groups is 1. The van der Waals surface area contributed by atoms with Crippen molar-refractivity contribution in [3.63, 3.8) is 0 Å². The number of primary amides is 1. The molecule has 2 bridgehead atoms. The highest BCUT2D eigenvalue weighted by Crippen LogP contribution is 2.39. The Balaban J connectivity index is 1.88. The Hall–Kier alpha value is -0.770. The van der Waals surface area contributed by atoms with E-state index in [9.17, 15) is 4.79 Å². The zero-order valence-electron chi connectivity index (χ0n) is 7.66.